The van der Waals surface area contributed by atoms with Crippen molar-refractivity contribution in [2.24, 2.45) is 0 Å². The second-order valence-corrected chi connectivity index (χ2v) is 3.09. The van der Waals surface area contributed by atoms with Crippen molar-refractivity contribution >= 4 is 23.6 Å². The predicted molar refractivity (Wildman–Crippen MR) is 48.8 cm³/mol. The van der Waals surface area contributed by atoms with Gasteiger partial charge in [0.05, 0.1) is 6.42 Å². The van der Waals surface area contributed by atoms with Crippen LogP contribution in [-0.2, 0) is 4.79 Å². The highest BCUT2D eigenvalue weighted by molar-refractivity contribution is 7.12. The lowest BCUT2D eigenvalue weighted by Gasteiger charge is -1.80. The van der Waals surface area contributed by atoms with Gasteiger partial charge in [-0.3, -0.25) is 0 Å². The SMILES string of the molecule is O=CCC#Cc1csc(C(=O)O)c1. The Balaban J connectivity index is 2.76. The van der Waals surface area contributed by atoms with Gasteiger partial charge in [0.2, 0.25) is 0 Å². The molecular formula is C9H6O3S. The van der Waals surface area contributed by atoms with Crippen LogP contribution in [-0.4, -0.2) is 17.4 Å². The van der Waals surface area contributed by atoms with Crippen LogP contribution in [0.4, 0.5) is 0 Å². The topological polar surface area (TPSA) is 54.4 Å². The minimum absolute atomic E-state index is 0.179. The lowest BCUT2D eigenvalue weighted by molar-refractivity contribution is -0.107. The van der Waals surface area contributed by atoms with E-state index in [0.717, 1.165) is 11.3 Å². The number of thiophene rings is 1. The first-order valence-electron chi connectivity index (χ1n) is 3.48. The zero-order valence-corrected chi connectivity index (χ0v) is 7.43. The molecule has 0 fully saturated rings. The summed E-state index contributed by atoms with van der Waals surface area (Å²) >= 11 is 1.13. The number of hydrogen-bond donors (Lipinski definition) is 1. The van der Waals surface area contributed by atoms with E-state index in [0.29, 0.717) is 11.8 Å². The van der Waals surface area contributed by atoms with Gasteiger partial charge in [0.15, 0.2) is 0 Å². The molecule has 0 saturated carbocycles. The molecule has 0 bridgehead atoms. The number of aromatic carboxylic acids is 1. The van der Waals surface area contributed by atoms with Crippen LogP contribution in [0.1, 0.15) is 21.7 Å². The summed E-state index contributed by atoms with van der Waals surface area (Å²) in [6.45, 7) is 0. The molecular weight excluding hydrogens is 188 g/mol. The maximum absolute atomic E-state index is 10.5. The van der Waals surface area contributed by atoms with Crippen LogP contribution < -0.4 is 0 Å². The molecule has 3 nitrogen and oxygen atoms in total. The van der Waals surface area contributed by atoms with Crippen LogP contribution in [0.25, 0.3) is 0 Å². The third kappa shape index (κ3) is 2.73. The number of carboxylic acids is 1. The normalized spacial score (nSPS) is 8.62. The van der Waals surface area contributed by atoms with E-state index >= 15 is 0 Å². The summed E-state index contributed by atoms with van der Waals surface area (Å²) < 4.78 is 0. The van der Waals surface area contributed by atoms with E-state index in [2.05, 4.69) is 11.8 Å². The third-order valence-corrected chi connectivity index (χ3v) is 2.15. The fourth-order valence-electron chi connectivity index (χ4n) is 0.709. The molecule has 4 heteroatoms. The maximum atomic E-state index is 10.5. The van der Waals surface area contributed by atoms with Crippen molar-refractivity contribution in [3.8, 4) is 11.8 Å². The first-order chi connectivity index (χ1) is 6.24. The monoisotopic (exact) mass is 194 g/mol. The molecule has 0 radical (unpaired) electrons. The number of aldehydes is 1. The number of carbonyl (C=O) groups excluding carboxylic acids is 1. The molecule has 1 heterocycles. The third-order valence-electron chi connectivity index (χ3n) is 1.23. The molecule has 0 unspecified atom stereocenters. The van der Waals surface area contributed by atoms with Crippen molar-refractivity contribution in [3.05, 3.63) is 21.9 Å². The van der Waals surface area contributed by atoms with Crippen molar-refractivity contribution < 1.29 is 14.7 Å². The lowest BCUT2D eigenvalue weighted by Crippen LogP contribution is -1.89. The van der Waals surface area contributed by atoms with Crippen LogP contribution in [0, 0.1) is 11.8 Å². The summed E-state index contributed by atoms with van der Waals surface area (Å²) in [5, 5.41) is 10.2. The van der Waals surface area contributed by atoms with Gasteiger partial charge in [-0.05, 0) is 6.07 Å². The van der Waals surface area contributed by atoms with Gasteiger partial charge in [0, 0.05) is 10.9 Å². The molecule has 66 valence electrons. The predicted octanol–water partition coefficient (Wildman–Crippen LogP) is 1.39. The van der Waals surface area contributed by atoms with Gasteiger partial charge in [0.1, 0.15) is 11.2 Å². The van der Waals surface area contributed by atoms with Gasteiger partial charge in [0.25, 0.3) is 0 Å². The average Bonchev–Trinajstić information content (AvgIpc) is 2.53. The summed E-state index contributed by atoms with van der Waals surface area (Å²) in [5.74, 6) is 4.34. The van der Waals surface area contributed by atoms with E-state index in [-0.39, 0.29) is 11.3 Å². The molecule has 1 aromatic heterocycles. The second kappa shape index (κ2) is 4.43. The molecule has 1 rings (SSSR count). The second-order valence-electron chi connectivity index (χ2n) is 2.18. The quantitative estimate of drug-likeness (QED) is 0.571. The van der Waals surface area contributed by atoms with Crippen LogP contribution in [0.3, 0.4) is 0 Å². The smallest absolute Gasteiger partial charge is 0.345 e. The van der Waals surface area contributed by atoms with Crippen molar-refractivity contribution in [1.82, 2.24) is 0 Å². The number of rotatable bonds is 2. The van der Waals surface area contributed by atoms with E-state index in [9.17, 15) is 9.59 Å². The summed E-state index contributed by atoms with van der Waals surface area (Å²) in [5.41, 5.74) is 0.643. The van der Waals surface area contributed by atoms with E-state index < -0.39 is 5.97 Å². The summed E-state index contributed by atoms with van der Waals surface area (Å²) in [7, 11) is 0. The Morgan fingerprint density at radius 3 is 3.00 bits per heavy atom. The highest BCUT2D eigenvalue weighted by Gasteiger charge is 2.04. The molecule has 0 aliphatic rings. The van der Waals surface area contributed by atoms with Crippen LogP contribution in [0.5, 0.6) is 0 Å². The van der Waals surface area contributed by atoms with E-state index in [1.807, 2.05) is 0 Å². The first-order valence-corrected chi connectivity index (χ1v) is 4.36. The van der Waals surface area contributed by atoms with E-state index in [1.165, 1.54) is 6.07 Å². The highest BCUT2D eigenvalue weighted by atomic mass is 32.1. The molecule has 1 N–H and O–H groups in total. The van der Waals surface area contributed by atoms with Crippen molar-refractivity contribution in [3.63, 3.8) is 0 Å². The minimum atomic E-state index is -0.951. The largest absolute Gasteiger partial charge is 0.477 e. The molecule has 13 heavy (non-hydrogen) atoms. The van der Waals surface area contributed by atoms with Gasteiger partial charge in [-0.2, -0.15) is 0 Å². The van der Waals surface area contributed by atoms with Gasteiger partial charge >= 0.3 is 5.97 Å². The highest BCUT2D eigenvalue weighted by Crippen LogP contribution is 2.13. The fraction of sp³-hybridized carbons (Fsp3) is 0.111. The summed E-state index contributed by atoms with van der Waals surface area (Å²) in [6, 6.07) is 1.49. The molecule has 0 saturated heterocycles. The zero-order chi connectivity index (χ0) is 9.68. The first kappa shape index (κ1) is 9.49. The van der Waals surface area contributed by atoms with E-state index in [1.54, 1.807) is 5.38 Å². The Hall–Kier alpha value is -1.60. The van der Waals surface area contributed by atoms with Gasteiger partial charge in [-0.15, -0.1) is 11.3 Å². The van der Waals surface area contributed by atoms with Gasteiger partial charge in [-0.25, -0.2) is 4.79 Å². The van der Waals surface area contributed by atoms with Crippen molar-refractivity contribution in [2.75, 3.05) is 0 Å². The van der Waals surface area contributed by atoms with Gasteiger partial charge < -0.3 is 9.90 Å². The fourth-order valence-corrected chi connectivity index (χ4v) is 1.39. The minimum Gasteiger partial charge on any atom is -0.477 e. The summed E-state index contributed by atoms with van der Waals surface area (Å²) in [6.07, 6.45) is 0.885. The Labute approximate surface area is 79.0 Å². The Morgan fingerprint density at radius 2 is 2.46 bits per heavy atom. The number of hydrogen-bond acceptors (Lipinski definition) is 3. The van der Waals surface area contributed by atoms with Crippen LogP contribution in [0.15, 0.2) is 11.4 Å². The molecule has 0 spiro atoms. The summed E-state index contributed by atoms with van der Waals surface area (Å²) in [4.78, 5) is 20.6. The van der Waals surface area contributed by atoms with Gasteiger partial charge in [-0.1, -0.05) is 11.8 Å². The molecule has 0 aromatic carbocycles. The average molecular weight is 194 g/mol. The van der Waals surface area contributed by atoms with Crippen LogP contribution >= 0.6 is 11.3 Å². The lowest BCUT2D eigenvalue weighted by atomic mass is 10.3. The number of carbonyl (C=O) groups is 2. The zero-order valence-electron chi connectivity index (χ0n) is 6.61. The maximum Gasteiger partial charge on any atom is 0.345 e. The van der Waals surface area contributed by atoms with E-state index in [4.69, 9.17) is 5.11 Å². The Morgan fingerprint density at radius 1 is 1.69 bits per heavy atom. The molecule has 0 atom stereocenters. The molecule has 0 aliphatic carbocycles. The standard InChI is InChI=1S/C9H6O3S/c10-4-2-1-3-7-5-8(9(11)12)13-6-7/h4-6H,2H2,(H,11,12). The Kier molecular flexibility index (Phi) is 3.23. The molecule has 0 aliphatic heterocycles. The number of carboxylic acid groups (broad SMARTS) is 1. The molecule has 0 amide bonds. The van der Waals surface area contributed by atoms with Crippen molar-refractivity contribution in [1.29, 1.82) is 0 Å². The Bertz CT molecular complexity index is 381. The molecule has 1 aromatic rings. The van der Waals surface area contributed by atoms with Crippen LogP contribution in [0.2, 0.25) is 0 Å². The van der Waals surface area contributed by atoms with Crippen molar-refractivity contribution in [2.45, 2.75) is 6.42 Å².